The number of nitrogens with two attached hydrogens (primary N) is 1. The van der Waals surface area contributed by atoms with E-state index in [0.29, 0.717) is 10.9 Å². The number of amides is 1. The van der Waals surface area contributed by atoms with Crippen molar-refractivity contribution < 1.29 is 4.79 Å². The molecule has 86 valence electrons. The topological polar surface area (TPSA) is 60.0 Å². The molecule has 1 aromatic heterocycles. The number of nitrogens with one attached hydrogen (secondary N) is 1. The molecule has 1 saturated carbocycles. The summed E-state index contributed by atoms with van der Waals surface area (Å²) in [5, 5.41) is 2.91. The Morgan fingerprint density at radius 2 is 2.38 bits per heavy atom. The molecule has 1 amide bonds. The zero-order valence-electron chi connectivity index (χ0n) is 8.98. The lowest BCUT2D eigenvalue weighted by molar-refractivity contribution is -0.121. The average Bonchev–Trinajstić information content (AvgIpc) is 2.95. The van der Waals surface area contributed by atoms with Gasteiger partial charge in [-0.25, -0.2) is 0 Å². The van der Waals surface area contributed by atoms with Crippen molar-refractivity contribution in [2.75, 3.05) is 6.54 Å². The SMILES string of the molecule is NC(=S)c1cccn1CC(=O)NCC1CC1. The third-order valence-electron chi connectivity index (χ3n) is 2.68. The maximum Gasteiger partial charge on any atom is 0.239 e. The number of hydrogen-bond acceptors (Lipinski definition) is 2. The smallest absolute Gasteiger partial charge is 0.239 e. The number of carbonyl (C=O) groups excluding carboxylic acids is 1. The number of carbonyl (C=O) groups is 1. The molecule has 1 heterocycles. The standard InChI is InChI=1S/C11H15N3OS/c12-11(16)9-2-1-5-14(9)7-10(15)13-6-8-3-4-8/h1-2,5,8H,3-4,6-7H2,(H2,12,16)(H,13,15). The van der Waals surface area contributed by atoms with Crippen LogP contribution in [0.15, 0.2) is 18.3 Å². The molecule has 0 aromatic carbocycles. The second kappa shape index (κ2) is 4.65. The van der Waals surface area contributed by atoms with Gasteiger partial charge in [0, 0.05) is 12.7 Å². The molecule has 1 aliphatic carbocycles. The Morgan fingerprint density at radius 1 is 1.62 bits per heavy atom. The molecule has 16 heavy (non-hydrogen) atoms. The van der Waals surface area contributed by atoms with E-state index >= 15 is 0 Å². The molecule has 0 radical (unpaired) electrons. The van der Waals surface area contributed by atoms with Gasteiger partial charge >= 0.3 is 0 Å². The highest BCUT2D eigenvalue weighted by Crippen LogP contribution is 2.27. The first kappa shape index (κ1) is 11.1. The normalized spacial score (nSPS) is 14.8. The molecule has 0 atom stereocenters. The Bertz CT molecular complexity index is 409. The van der Waals surface area contributed by atoms with Gasteiger partial charge in [-0.1, -0.05) is 12.2 Å². The molecule has 1 fully saturated rings. The molecule has 1 aliphatic rings. The molecule has 0 aliphatic heterocycles. The largest absolute Gasteiger partial charge is 0.388 e. The Kier molecular flexibility index (Phi) is 3.24. The van der Waals surface area contributed by atoms with E-state index in [-0.39, 0.29) is 12.5 Å². The van der Waals surface area contributed by atoms with Gasteiger partial charge in [-0.15, -0.1) is 0 Å². The monoisotopic (exact) mass is 237 g/mol. The number of hydrogen-bond donors (Lipinski definition) is 2. The summed E-state index contributed by atoms with van der Waals surface area (Å²) in [4.78, 5) is 11.9. The van der Waals surface area contributed by atoms with Gasteiger partial charge in [0.2, 0.25) is 5.91 Å². The summed E-state index contributed by atoms with van der Waals surface area (Å²) < 4.78 is 1.77. The fourth-order valence-electron chi connectivity index (χ4n) is 1.57. The van der Waals surface area contributed by atoms with E-state index in [1.54, 1.807) is 4.57 Å². The molecule has 0 unspecified atom stereocenters. The highest BCUT2D eigenvalue weighted by atomic mass is 32.1. The van der Waals surface area contributed by atoms with Crippen molar-refractivity contribution in [3.8, 4) is 0 Å². The number of nitrogens with zero attached hydrogens (tertiary/aromatic N) is 1. The van der Waals surface area contributed by atoms with Crippen LogP contribution in [0, 0.1) is 5.92 Å². The lowest BCUT2D eigenvalue weighted by Crippen LogP contribution is -2.30. The van der Waals surface area contributed by atoms with Crippen molar-refractivity contribution in [1.29, 1.82) is 0 Å². The first-order valence-corrected chi connectivity index (χ1v) is 5.79. The van der Waals surface area contributed by atoms with Crippen LogP contribution in [0.4, 0.5) is 0 Å². The minimum absolute atomic E-state index is 0.0144. The average molecular weight is 237 g/mol. The minimum Gasteiger partial charge on any atom is -0.388 e. The molecule has 0 saturated heterocycles. The van der Waals surface area contributed by atoms with E-state index in [0.717, 1.165) is 12.2 Å². The molecule has 2 rings (SSSR count). The van der Waals surface area contributed by atoms with E-state index in [4.69, 9.17) is 18.0 Å². The van der Waals surface area contributed by atoms with Crippen molar-refractivity contribution >= 4 is 23.1 Å². The lowest BCUT2D eigenvalue weighted by Gasteiger charge is -2.08. The predicted octanol–water partition coefficient (Wildman–Crippen LogP) is 0.648. The molecule has 0 spiro atoms. The summed E-state index contributed by atoms with van der Waals surface area (Å²) in [5.74, 6) is 0.712. The number of aromatic nitrogens is 1. The van der Waals surface area contributed by atoms with Gasteiger partial charge in [-0.05, 0) is 30.9 Å². The maximum atomic E-state index is 11.6. The summed E-state index contributed by atoms with van der Waals surface area (Å²) >= 11 is 4.90. The quantitative estimate of drug-likeness (QED) is 0.739. The number of rotatable bonds is 5. The summed E-state index contributed by atoms with van der Waals surface area (Å²) in [7, 11) is 0. The summed E-state index contributed by atoms with van der Waals surface area (Å²) in [6, 6.07) is 3.65. The van der Waals surface area contributed by atoms with E-state index in [9.17, 15) is 4.79 Å². The molecular formula is C11H15N3OS. The van der Waals surface area contributed by atoms with Crippen LogP contribution >= 0.6 is 12.2 Å². The van der Waals surface area contributed by atoms with Gasteiger partial charge in [0.15, 0.2) is 0 Å². The summed E-state index contributed by atoms with van der Waals surface area (Å²) in [6.45, 7) is 1.08. The van der Waals surface area contributed by atoms with Crippen LogP contribution in [0.1, 0.15) is 18.5 Å². The third kappa shape index (κ3) is 2.82. The van der Waals surface area contributed by atoms with Crippen molar-refractivity contribution in [3.05, 3.63) is 24.0 Å². The van der Waals surface area contributed by atoms with Gasteiger partial charge in [-0.3, -0.25) is 4.79 Å². The molecule has 3 N–H and O–H groups in total. The first-order valence-electron chi connectivity index (χ1n) is 5.38. The van der Waals surface area contributed by atoms with E-state index in [2.05, 4.69) is 5.32 Å². The second-order valence-electron chi connectivity index (χ2n) is 4.13. The Morgan fingerprint density at radius 3 is 3.00 bits per heavy atom. The molecule has 5 heteroatoms. The Hall–Kier alpha value is -1.36. The van der Waals surface area contributed by atoms with Crippen molar-refractivity contribution in [1.82, 2.24) is 9.88 Å². The van der Waals surface area contributed by atoms with E-state index in [1.165, 1.54) is 12.8 Å². The second-order valence-corrected chi connectivity index (χ2v) is 4.57. The van der Waals surface area contributed by atoms with Crippen LogP contribution in [0.5, 0.6) is 0 Å². The van der Waals surface area contributed by atoms with Crippen LogP contribution in [0.25, 0.3) is 0 Å². The van der Waals surface area contributed by atoms with Crippen molar-refractivity contribution in [3.63, 3.8) is 0 Å². The zero-order valence-corrected chi connectivity index (χ0v) is 9.80. The van der Waals surface area contributed by atoms with Crippen LogP contribution in [-0.2, 0) is 11.3 Å². The Labute approximate surface area is 99.8 Å². The fourth-order valence-corrected chi connectivity index (χ4v) is 1.75. The lowest BCUT2D eigenvalue weighted by atomic mass is 10.4. The summed E-state index contributed by atoms with van der Waals surface area (Å²) in [5.41, 5.74) is 6.28. The maximum absolute atomic E-state index is 11.6. The van der Waals surface area contributed by atoms with Gasteiger partial charge in [0.1, 0.15) is 11.5 Å². The van der Waals surface area contributed by atoms with Crippen LogP contribution < -0.4 is 11.1 Å². The molecule has 1 aromatic rings. The zero-order chi connectivity index (χ0) is 11.5. The summed E-state index contributed by atoms with van der Waals surface area (Å²) in [6.07, 6.45) is 4.29. The molecule has 4 nitrogen and oxygen atoms in total. The van der Waals surface area contributed by atoms with E-state index < -0.39 is 0 Å². The minimum atomic E-state index is 0.0144. The predicted molar refractivity (Wildman–Crippen MR) is 66.1 cm³/mol. The van der Waals surface area contributed by atoms with Crippen molar-refractivity contribution in [2.45, 2.75) is 19.4 Å². The Balaban J connectivity index is 1.89. The fraction of sp³-hybridized carbons (Fsp3) is 0.455. The van der Waals surface area contributed by atoms with Gasteiger partial charge in [-0.2, -0.15) is 0 Å². The van der Waals surface area contributed by atoms with Crippen LogP contribution in [0.2, 0.25) is 0 Å². The van der Waals surface area contributed by atoms with Gasteiger partial charge in [0.05, 0.1) is 5.69 Å². The van der Waals surface area contributed by atoms with Crippen molar-refractivity contribution in [2.24, 2.45) is 11.7 Å². The van der Waals surface area contributed by atoms with Gasteiger partial charge < -0.3 is 15.6 Å². The number of thiocarbonyl (C=S) groups is 1. The highest BCUT2D eigenvalue weighted by molar-refractivity contribution is 7.80. The van der Waals surface area contributed by atoms with Gasteiger partial charge in [0.25, 0.3) is 0 Å². The van der Waals surface area contributed by atoms with Crippen LogP contribution in [-0.4, -0.2) is 22.0 Å². The first-order chi connectivity index (χ1) is 7.66. The van der Waals surface area contributed by atoms with E-state index in [1.807, 2.05) is 18.3 Å². The molecule has 0 bridgehead atoms. The third-order valence-corrected chi connectivity index (χ3v) is 2.89. The highest BCUT2D eigenvalue weighted by Gasteiger charge is 2.21. The van der Waals surface area contributed by atoms with Crippen LogP contribution in [0.3, 0.4) is 0 Å². The molecular weight excluding hydrogens is 222 g/mol.